The van der Waals surface area contributed by atoms with Gasteiger partial charge in [-0.15, -0.1) is 0 Å². The van der Waals surface area contributed by atoms with E-state index in [1.54, 1.807) is 0 Å². The van der Waals surface area contributed by atoms with E-state index in [0.717, 1.165) is 6.08 Å². The third-order valence-corrected chi connectivity index (χ3v) is 3.87. The van der Waals surface area contributed by atoms with Crippen LogP contribution in [0.3, 0.4) is 0 Å². The van der Waals surface area contributed by atoms with Crippen molar-refractivity contribution >= 4 is 13.6 Å². The maximum atomic E-state index is 12.4. The average Bonchev–Trinajstić information content (AvgIpc) is 2.18. The van der Waals surface area contributed by atoms with E-state index >= 15 is 0 Å². The Morgan fingerprint density at radius 2 is 1.48 bits per heavy atom. The van der Waals surface area contributed by atoms with Gasteiger partial charge in [-0.2, -0.15) is 26.3 Å². The number of alkyl halides is 6. The molecule has 0 aromatic carbocycles. The van der Waals surface area contributed by atoms with Crippen molar-refractivity contribution in [2.24, 2.45) is 0 Å². The molecule has 0 radical (unpaired) electrons. The topological polar surface area (TPSA) is 83.8 Å². The summed E-state index contributed by atoms with van der Waals surface area (Å²) in [5.74, 6) is -2.29. The average molecular weight is 344 g/mol. The van der Waals surface area contributed by atoms with Crippen LogP contribution in [0.1, 0.15) is 12.8 Å². The van der Waals surface area contributed by atoms with Crippen LogP contribution in [0.2, 0.25) is 0 Å². The van der Waals surface area contributed by atoms with Gasteiger partial charge in [-0.05, 0) is 0 Å². The van der Waals surface area contributed by atoms with E-state index in [4.69, 9.17) is 9.79 Å². The van der Waals surface area contributed by atoms with E-state index in [-0.39, 0.29) is 0 Å². The zero-order valence-corrected chi connectivity index (χ0v) is 11.1. The molecule has 0 unspecified atom stereocenters. The SMILES string of the molecule is C=CCOC(=O)C(CC(F)(F)F)(CC(F)(F)F)P(=O)(O)O. The van der Waals surface area contributed by atoms with Crippen LogP contribution in [-0.4, -0.2) is 39.9 Å². The first kappa shape index (κ1) is 19.9. The Labute approximate surface area is 114 Å². The number of rotatable bonds is 6. The maximum absolute atomic E-state index is 12.4. The first-order valence-electron chi connectivity index (χ1n) is 5.12. The second-order valence-electron chi connectivity index (χ2n) is 4.05. The normalized spacial score (nSPS) is 13.9. The molecule has 2 N–H and O–H groups in total. The molecule has 0 aromatic rings. The molecule has 0 saturated heterocycles. The minimum Gasteiger partial charge on any atom is -0.461 e. The van der Waals surface area contributed by atoms with Gasteiger partial charge in [-0.1, -0.05) is 12.7 Å². The molecule has 0 aromatic heterocycles. The van der Waals surface area contributed by atoms with Crippen molar-refractivity contribution < 1.29 is 50.2 Å². The van der Waals surface area contributed by atoms with Crippen molar-refractivity contribution in [2.45, 2.75) is 30.4 Å². The number of carbonyl (C=O) groups is 1. The van der Waals surface area contributed by atoms with E-state index in [2.05, 4.69) is 11.3 Å². The van der Waals surface area contributed by atoms with Gasteiger partial charge in [0.15, 0.2) is 5.16 Å². The standard InChI is InChI=1S/C9H11F6O5P/c1-2-3-20-6(16)7(21(17,18)19,4-8(10,11)12)5-9(13,14)15/h2H,1,3-5H2,(H2,17,18,19). The third-order valence-electron chi connectivity index (χ3n) is 2.26. The van der Waals surface area contributed by atoms with Crippen molar-refractivity contribution in [3.63, 3.8) is 0 Å². The Morgan fingerprint density at radius 1 is 1.10 bits per heavy atom. The number of hydrogen-bond donors (Lipinski definition) is 2. The molecule has 0 saturated carbocycles. The number of ether oxygens (including phenoxy) is 1. The fraction of sp³-hybridized carbons (Fsp3) is 0.667. The lowest BCUT2D eigenvalue weighted by Crippen LogP contribution is -2.47. The molecular formula is C9H11F6O5P. The summed E-state index contributed by atoms with van der Waals surface area (Å²) >= 11 is 0. The van der Waals surface area contributed by atoms with Crippen LogP contribution < -0.4 is 0 Å². The molecule has 0 aliphatic carbocycles. The summed E-state index contributed by atoms with van der Waals surface area (Å²) in [6, 6.07) is 0. The highest BCUT2D eigenvalue weighted by molar-refractivity contribution is 7.54. The van der Waals surface area contributed by atoms with Gasteiger partial charge in [0.05, 0.1) is 12.8 Å². The lowest BCUT2D eigenvalue weighted by molar-refractivity contribution is -0.185. The van der Waals surface area contributed by atoms with Gasteiger partial charge >= 0.3 is 25.9 Å². The minimum absolute atomic E-state index is 0.795. The molecule has 0 bridgehead atoms. The third kappa shape index (κ3) is 6.06. The van der Waals surface area contributed by atoms with Gasteiger partial charge in [0, 0.05) is 0 Å². The first-order valence-corrected chi connectivity index (χ1v) is 6.73. The molecular weight excluding hydrogens is 333 g/mol. The van der Waals surface area contributed by atoms with Crippen molar-refractivity contribution in [1.29, 1.82) is 0 Å². The highest BCUT2D eigenvalue weighted by Crippen LogP contribution is 2.59. The van der Waals surface area contributed by atoms with Crippen LogP contribution >= 0.6 is 7.60 Å². The molecule has 0 heterocycles. The van der Waals surface area contributed by atoms with E-state index in [9.17, 15) is 35.7 Å². The number of esters is 1. The summed E-state index contributed by atoms with van der Waals surface area (Å²) in [7, 11) is -6.14. The molecule has 0 fully saturated rings. The summed E-state index contributed by atoms with van der Waals surface area (Å²) in [5.41, 5.74) is 0. The van der Waals surface area contributed by atoms with Gasteiger partial charge in [-0.3, -0.25) is 9.36 Å². The lowest BCUT2D eigenvalue weighted by atomic mass is 9.99. The van der Waals surface area contributed by atoms with Crippen LogP contribution in [0, 0.1) is 0 Å². The van der Waals surface area contributed by atoms with Crippen molar-refractivity contribution in [1.82, 2.24) is 0 Å². The molecule has 21 heavy (non-hydrogen) atoms. The molecule has 5 nitrogen and oxygen atoms in total. The molecule has 0 aliphatic rings. The zero-order valence-electron chi connectivity index (χ0n) is 10.2. The van der Waals surface area contributed by atoms with Crippen molar-refractivity contribution in [3.8, 4) is 0 Å². The second kappa shape index (κ2) is 6.37. The quantitative estimate of drug-likeness (QED) is 0.335. The molecule has 0 aliphatic heterocycles. The Hall–Kier alpha value is -1.06. The van der Waals surface area contributed by atoms with Crippen LogP contribution in [-0.2, 0) is 14.1 Å². The summed E-state index contributed by atoms with van der Waals surface area (Å²) in [5, 5.41) is -4.08. The van der Waals surface area contributed by atoms with Gasteiger partial charge in [0.1, 0.15) is 6.61 Å². The predicted octanol–water partition coefficient (Wildman–Crippen LogP) is 2.54. The minimum atomic E-state index is -6.14. The molecule has 12 heteroatoms. The fourth-order valence-corrected chi connectivity index (χ4v) is 2.54. The van der Waals surface area contributed by atoms with E-state index < -0.39 is 50.5 Å². The van der Waals surface area contributed by atoms with Crippen molar-refractivity contribution in [2.75, 3.05) is 6.61 Å². The smallest absolute Gasteiger partial charge is 0.390 e. The highest BCUT2D eigenvalue weighted by Gasteiger charge is 2.64. The molecule has 124 valence electrons. The maximum Gasteiger partial charge on any atom is 0.390 e. The van der Waals surface area contributed by atoms with Gasteiger partial charge in [0.25, 0.3) is 0 Å². The van der Waals surface area contributed by atoms with Crippen LogP contribution in [0.25, 0.3) is 0 Å². The Bertz CT molecular complexity index is 421. The zero-order chi connectivity index (χ0) is 17.1. The van der Waals surface area contributed by atoms with Crippen LogP contribution in [0.5, 0.6) is 0 Å². The summed E-state index contributed by atoms with van der Waals surface area (Å²) in [4.78, 5) is 29.3. The van der Waals surface area contributed by atoms with E-state index in [1.807, 2.05) is 0 Å². The van der Waals surface area contributed by atoms with Crippen LogP contribution in [0.15, 0.2) is 12.7 Å². The first-order chi connectivity index (χ1) is 9.15. The van der Waals surface area contributed by atoms with E-state index in [1.165, 1.54) is 0 Å². The molecule has 0 spiro atoms. The predicted molar refractivity (Wildman–Crippen MR) is 57.3 cm³/mol. The largest absolute Gasteiger partial charge is 0.461 e. The fourth-order valence-electron chi connectivity index (χ4n) is 1.46. The molecule has 0 amide bonds. The Kier molecular flexibility index (Phi) is 6.05. The summed E-state index contributed by atoms with van der Waals surface area (Å²) in [6.45, 7) is 2.21. The van der Waals surface area contributed by atoms with Crippen LogP contribution in [0.4, 0.5) is 26.3 Å². The van der Waals surface area contributed by atoms with Gasteiger partial charge < -0.3 is 14.5 Å². The van der Waals surface area contributed by atoms with E-state index in [0.29, 0.717) is 0 Å². The Balaban J connectivity index is 5.91. The number of halogens is 6. The summed E-state index contributed by atoms with van der Waals surface area (Å²) < 4.78 is 89.6. The Morgan fingerprint density at radius 3 is 1.71 bits per heavy atom. The molecule has 0 atom stereocenters. The monoisotopic (exact) mass is 344 g/mol. The number of hydrogen-bond acceptors (Lipinski definition) is 3. The lowest BCUT2D eigenvalue weighted by Gasteiger charge is -2.33. The summed E-state index contributed by atoms with van der Waals surface area (Å²) in [6.07, 6.45) is -15.4. The van der Waals surface area contributed by atoms with Gasteiger partial charge in [0.2, 0.25) is 0 Å². The number of carbonyl (C=O) groups excluding carboxylic acids is 1. The highest BCUT2D eigenvalue weighted by atomic mass is 31.2. The molecule has 0 rings (SSSR count). The van der Waals surface area contributed by atoms with Gasteiger partial charge in [-0.25, -0.2) is 0 Å². The second-order valence-corrected chi connectivity index (χ2v) is 5.99. The van der Waals surface area contributed by atoms with Crippen molar-refractivity contribution in [3.05, 3.63) is 12.7 Å².